The molecule has 4 aliphatic rings. The molecule has 3 nitrogen and oxygen atoms in total. The van der Waals surface area contributed by atoms with Gasteiger partial charge < -0.3 is 9.80 Å². The molecular weight excluding hydrogens is 366 g/mol. The second kappa shape index (κ2) is 8.73. The number of piperazine rings is 1. The first kappa shape index (κ1) is 20.7. The van der Waals surface area contributed by atoms with Gasteiger partial charge in [0.25, 0.3) is 0 Å². The molecule has 4 fully saturated rings. The molecule has 2 saturated carbocycles. The Kier molecular flexibility index (Phi) is 6.01. The average Bonchev–Trinajstić information content (AvgIpc) is 3.53. The largest absolute Gasteiger partial charge is 0.372 e. The second-order valence-corrected chi connectivity index (χ2v) is 11.2. The smallest absolute Gasteiger partial charge is 0.0404 e. The van der Waals surface area contributed by atoms with Gasteiger partial charge in [0.1, 0.15) is 0 Å². The van der Waals surface area contributed by atoms with Crippen LogP contribution >= 0.6 is 0 Å². The zero-order valence-electron chi connectivity index (χ0n) is 19.5. The minimum Gasteiger partial charge on any atom is -0.372 e. The lowest BCUT2D eigenvalue weighted by atomic mass is 9.76. The number of anilines is 2. The molecule has 2 aliphatic carbocycles. The van der Waals surface area contributed by atoms with Gasteiger partial charge in [0.15, 0.2) is 0 Å². The van der Waals surface area contributed by atoms with Gasteiger partial charge in [-0.25, -0.2) is 0 Å². The molecule has 0 radical (unpaired) electrons. The molecule has 0 amide bonds. The summed E-state index contributed by atoms with van der Waals surface area (Å²) in [6.07, 6.45) is 13.0. The van der Waals surface area contributed by atoms with Crippen molar-refractivity contribution in [3.63, 3.8) is 0 Å². The Morgan fingerprint density at radius 1 is 0.833 bits per heavy atom. The highest BCUT2D eigenvalue weighted by Gasteiger charge is 2.45. The summed E-state index contributed by atoms with van der Waals surface area (Å²) in [6.45, 7) is 13.3. The fourth-order valence-corrected chi connectivity index (χ4v) is 6.41. The van der Waals surface area contributed by atoms with Crippen LogP contribution in [0.5, 0.6) is 0 Å². The van der Waals surface area contributed by atoms with Crippen molar-refractivity contribution in [2.45, 2.75) is 77.6 Å². The molecular formula is C27H43N3. The minimum absolute atomic E-state index is 0.771. The van der Waals surface area contributed by atoms with Crippen LogP contribution in [0.2, 0.25) is 0 Å². The summed E-state index contributed by atoms with van der Waals surface area (Å²) in [4.78, 5) is 8.04. The maximum absolute atomic E-state index is 2.72. The van der Waals surface area contributed by atoms with Crippen LogP contribution in [0.3, 0.4) is 0 Å². The summed E-state index contributed by atoms with van der Waals surface area (Å²) >= 11 is 0. The van der Waals surface area contributed by atoms with Crippen molar-refractivity contribution in [2.75, 3.05) is 55.6 Å². The first-order chi connectivity index (χ1) is 14.6. The lowest BCUT2D eigenvalue weighted by Crippen LogP contribution is -2.47. The Labute approximate surface area is 184 Å². The van der Waals surface area contributed by atoms with Gasteiger partial charge in [-0.05, 0) is 98.8 Å². The molecule has 1 aromatic carbocycles. The molecule has 0 atom stereocenters. The van der Waals surface area contributed by atoms with Gasteiger partial charge in [0.2, 0.25) is 0 Å². The van der Waals surface area contributed by atoms with Crippen LogP contribution in [0.4, 0.5) is 11.4 Å². The highest BCUT2D eigenvalue weighted by atomic mass is 15.3. The van der Waals surface area contributed by atoms with Gasteiger partial charge in [0, 0.05) is 57.2 Å². The van der Waals surface area contributed by atoms with E-state index in [9.17, 15) is 0 Å². The lowest BCUT2D eigenvalue weighted by molar-refractivity contribution is 0.231. The van der Waals surface area contributed by atoms with Gasteiger partial charge in [-0.15, -0.1) is 0 Å². The quantitative estimate of drug-likeness (QED) is 0.600. The summed E-state index contributed by atoms with van der Waals surface area (Å²) in [5.41, 5.74) is 5.53. The summed E-state index contributed by atoms with van der Waals surface area (Å²) in [5, 5.41) is 0. The predicted octanol–water partition coefficient (Wildman–Crippen LogP) is 5.89. The first-order valence-electron chi connectivity index (χ1n) is 13.0. The highest BCUT2D eigenvalue weighted by molar-refractivity contribution is 5.63. The van der Waals surface area contributed by atoms with E-state index in [2.05, 4.69) is 46.7 Å². The van der Waals surface area contributed by atoms with Crippen LogP contribution in [0.25, 0.3) is 0 Å². The van der Waals surface area contributed by atoms with Gasteiger partial charge in [-0.3, -0.25) is 4.90 Å². The second-order valence-electron chi connectivity index (χ2n) is 11.2. The predicted molar refractivity (Wildman–Crippen MR) is 129 cm³/mol. The zero-order valence-corrected chi connectivity index (χ0v) is 19.5. The van der Waals surface area contributed by atoms with E-state index in [1.807, 2.05) is 0 Å². The van der Waals surface area contributed by atoms with E-state index < -0.39 is 0 Å². The zero-order chi connectivity index (χ0) is 20.6. The highest BCUT2D eigenvalue weighted by Crippen LogP contribution is 2.59. The molecule has 1 aromatic rings. The van der Waals surface area contributed by atoms with E-state index in [-0.39, 0.29) is 0 Å². The van der Waals surface area contributed by atoms with Gasteiger partial charge in [-0.1, -0.05) is 13.8 Å². The SMILES string of the molecule is CC(C)CN1CCN(c2ccc(N3CCCCC3)cc2C2CCC3(CC2)CC3)CC1. The van der Waals surface area contributed by atoms with Crippen molar-refractivity contribution >= 4 is 11.4 Å². The summed E-state index contributed by atoms with van der Waals surface area (Å²) < 4.78 is 0. The summed E-state index contributed by atoms with van der Waals surface area (Å²) in [7, 11) is 0. The van der Waals surface area contributed by atoms with E-state index >= 15 is 0 Å². The fraction of sp³-hybridized carbons (Fsp3) is 0.778. The Hall–Kier alpha value is -1.22. The Balaban J connectivity index is 1.35. The Morgan fingerprint density at radius 3 is 2.17 bits per heavy atom. The molecule has 30 heavy (non-hydrogen) atoms. The van der Waals surface area contributed by atoms with E-state index in [0.717, 1.165) is 17.3 Å². The van der Waals surface area contributed by atoms with Crippen LogP contribution in [-0.4, -0.2) is 50.7 Å². The van der Waals surface area contributed by atoms with E-state index in [4.69, 9.17) is 0 Å². The van der Waals surface area contributed by atoms with Crippen LogP contribution in [0.1, 0.15) is 83.1 Å². The molecule has 166 valence electrons. The molecule has 2 aliphatic heterocycles. The van der Waals surface area contributed by atoms with Crippen LogP contribution < -0.4 is 9.80 Å². The molecule has 2 saturated heterocycles. The van der Waals surface area contributed by atoms with E-state index in [1.54, 1.807) is 11.3 Å². The van der Waals surface area contributed by atoms with Crippen molar-refractivity contribution < 1.29 is 0 Å². The third-order valence-corrected chi connectivity index (χ3v) is 8.51. The van der Waals surface area contributed by atoms with Gasteiger partial charge in [0.05, 0.1) is 0 Å². The van der Waals surface area contributed by atoms with Crippen LogP contribution in [0, 0.1) is 11.3 Å². The van der Waals surface area contributed by atoms with Crippen LogP contribution in [-0.2, 0) is 0 Å². The molecule has 5 rings (SSSR count). The summed E-state index contributed by atoms with van der Waals surface area (Å²) in [5.74, 6) is 1.55. The maximum Gasteiger partial charge on any atom is 0.0404 e. The number of rotatable bonds is 5. The fourth-order valence-electron chi connectivity index (χ4n) is 6.41. The standard InChI is InChI=1S/C27H43N3/c1-22(2)21-28-16-18-30(19-17-28)26-7-6-24(29-14-4-3-5-15-29)20-25(26)23-8-10-27(11-9-23)12-13-27/h6-7,20,22-23H,3-5,8-19,21H2,1-2H3. The number of hydrogen-bond acceptors (Lipinski definition) is 3. The maximum atomic E-state index is 2.72. The van der Waals surface area contributed by atoms with Crippen molar-refractivity contribution in [3.8, 4) is 0 Å². The monoisotopic (exact) mass is 409 g/mol. The summed E-state index contributed by atoms with van der Waals surface area (Å²) in [6, 6.07) is 7.56. The topological polar surface area (TPSA) is 9.72 Å². The molecule has 2 heterocycles. The van der Waals surface area contributed by atoms with Crippen molar-refractivity contribution in [3.05, 3.63) is 23.8 Å². The normalized spacial score (nSPS) is 25.3. The average molecular weight is 410 g/mol. The third kappa shape index (κ3) is 4.52. The first-order valence-corrected chi connectivity index (χ1v) is 13.0. The Morgan fingerprint density at radius 2 is 1.53 bits per heavy atom. The molecule has 0 N–H and O–H groups in total. The van der Waals surface area contributed by atoms with Crippen molar-refractivity contribution in [1.82, 2.24) is 4.90 Å². The van der Waals surface area contributed by atoms with Gasteiger partial charge >= 0.3 is 0 Å². The van der Waals surface area contributed by atoms with E-state index in [0.29, 0.717) is 0 Å². The lowest BCUT2D eigenvalue weighted by Gasteiger charge is -2.40. The molecule has 0 unspecified atom stereocenters. The van der Waals surface area contributed by atoms with Crippen molar-refractivity contribution in [1.29, 1.82) is 0 Å². The molecule has 0 aromatic heterocycles. The minimum atomic E-state index is 0.771. The number of nitrogens with zero attached hydrogens (tertiary/aromatic N) is 3. The number of piperidine rings is 1. The Bertz CT molecular complexity index is 699. The van der Waals surface area contributed by atoms with Crippen LogP contribution in [0.15, 0.2) is 18.2 Å². The van der Waals surface area contributed by atoms with Crippen molar-refractivity contribution in [2.24, 2.45) is 11.3 Å². The van der Waals surface area contributed by atoms with E-state index in [1.165, 1.54) is 109 Å². The van der Waals surface area contributed by atoms with Gasteiger partial charge in [-0.2, -0.15) is 0 Å². The third-order valence-electron chi connectivity index (χ3n) is 8.51. The number of hydrogen-bond donors (Lipinski definition) is 0. The molecule has 1 spiro atoms. The molecule has 0 bridgehead atoms. The number of benzene rings is 1. The molecule has 3 heteroatoms.